The van der Waals surface area contributed by atoms with Crippen molar-refractivity contribution >= 4 is 17.6 Å². The van der Waals surface area contributed by atoms with E-state index in [0.717, 1.165) is 16.7 Å². The number of hydrogen-bond acceptors (Lipinski definition) is 4. The first-order valence-electron chi connectivity index (χ1n) is 8.20. The molecule has 0 amide bonds. The molecule has 0 bridgehead atoms. The van der Waals surface area contributed by atoms with Crippen molar-refractivity contribution in [3.05, 3.63) is 83.2 Å². The normalized spacial score (nSPS) is 12.8. The highest BCUT2D eigenvalue weighted by Crippen LogP contribution is 2.41. The third-order valence-corrected chi connectivity index (χ3v) is 4.13. The minimum Gasteiger partial charge on any atom is -0.370 e. The number of nitrogens with zero attached hydrogens (tertiary/aromatic N) is 3. The van der Waals surface area contributed by atoms with E-state index >= 15 is 0 Å². The molecule has 3 rings (SSSR count). The van der Waals surface area contributed by atoms with E-state index in [1.165, 1.54) is 6.26 Å². The van der Waals surface area contributed by atoms with Crippen molar-refractivity contribution in [2.75, 3.05) is 0 Å². The minimum absolute atomic E-state index is 0.0176. The van der Waals surface area contributed by atoms with E-state index in [1.54, 1.807) is 18.3 Å². The number of aryl methyl sites for hydroxylation is 1. The Kier molecular flexibility index (Phi) is 4.80. The van der Waals surface area contributed by atoms with Crippen LogP contribution in [-0.4, -0.2) is 17.1 Å². The van der Waals surface area contributed by atoms with Gasteiger partial charge in [-0.2, -0.15) is 0 Å². The molecule has 8 heteroatoms. The van der Waals surface area contributed by atoms with Crippen molar-refractivity contribution in [3.8, 4) is 0 Å². The van der Waals surface area contributed by atoms with Gasteiger partial charge in [0.2, 0.25) is 0 Å². The van der Waals surface area contributed by atoms with E-state index in [4.69, 9.17) is 27.5 Å². The van der Waals surface area contributed by atoms with Gasteiger partial charge in [-0.05, 0) is 30.2 Å². The predicted octanol–water partition coefficient (Wildman–Crippen LogP) is 1.45. The standard InChI is InChI=1S/C19H21N7O/c1-12-3-2-4-14(9-12)19(26-18(22)23,15-10-24-27-11-15)13-5-7-16(8-6-13)25-17(20)21/h2-11H,1H3,(H4,20,21,25)(H4,22,23,26). The number of guanidine groups is 2. The molecule has 8 N–H and O–H groups in total. The highest BCUT2D eigenvalue weighted by Gasteiger charge is 2.38. The van der Waals surface area contributed by atoms with Gasteiger partial charge in [0.15, 0.2) is 11.9 Å². The Hall–Kier alpha value is -3.81. The summed E-state index contributed by atoms with van der Waals surface area (Å²) in [4.78, 5) is 8.66. The van der Waals surface area contributed by atoms with E-state index in [1.807, 2.05) is 43.3 Å². The Balaban J connectivity index is 2.30. The largest absolute Gasteiger partial charge is 0.370 e. The molecule has 27 heavy (non-hydrogen) atoms. The van der Waals surface area contributed by atoms with Crippen LogP contribution in [0.1, 0.15) is 22.3 Å². The van der Waals surface area contributed by atoms with Gasteiger partial charge < -0.3 is 27.5 Å². The zero-order valence-corrected chi connectivity index (χ0v) is 14.8. The average molecular weight is 363 g/mol. The maximum Gasteiger partial charge on any atom is 0.191 e. The lowest BCUT2D eigenvalue weighted by atomic mass is 9.78. The van der Waals surface area contributed by atoms with Crippen LogP contribution < -0.4 is 22.9 Å². The summed E-state index contributed by atoms with van der Waals surface area (Å²) < 4.78 is 5.10. The van der Waals surface area contributed by atoms with Crippen molar-refractivity contribution in [2.24, 2.45) is 32.9 Å². The summed E-state index contributed by atoms with van der Waals surface area (Å²) >= 11 is 0. The Morgan fingerprint density at radius 2 is 1.67 bits per heavy atom. The summed E-state index contributed by atoms with van der Waals surface area (Å²) in [6, 6.07) is 15.2. The quantitative estimate of drug-likeness (QED) is 0.397. The van der Waals surface area contributed by atoms with E-state index in [0.29, 0.717) is 11.3 Å². The molecule has 8 nitrogen and oxygen atoms in total. The molecule has 1 atom stereocenters. The van der Waals surface area contributed by atoms with Crippen LogP contribution in [0, 0.1) is 6.92 Å². The van der Waals surface area contributed by atoms with Gasteiger partial charge in [0, 0.05) is 5.56 Å². The third kappa shape index (κ3) is 3.59. The fourth-order valence-corrected chi connectivity index (χ4v) is 3.07. The monoisotopic (exact) mass is 363 g/mol. The Labute approximate surface area is 156 Å². The minimum atomic E-state index is -1.03. The van der Waals surface area contributed by atoms with Gasteiger partial charge in [-0.25, -0.2) is 9.98 Å². The SMILES string of the molecule is Cc1cccc(C(N=C(N)N)(c2ccc(N=C(N)N)cc2)c2cnoc2)c1. The molecule has 138 valence electrons. The van der Waals surface area contributed by atoms with Gasteiger partial charge in [-0.15, -0.1) is 0 Å². The van der Waals surface area contributed by atoms with Crippen LogP contribution in [0.3, 0.4) is 0 Å². The molecule has 0 saturated heterocycles. The van der Waals surface area contributed by atoms with Crippen LogP contribution in [-0.2, 0) is 5.54 Å². The van der Waals surface area contributed by atoms with Gasteiger partial charge in [0.1, 0.15) is 11.8 Å². The zero-order valence-electron chi connectivity index (χ0n) is 14.8. The zero-order chi connectivity index (χ0) is 19.4. The molecule has 0 saturated carbocycles. The van der Waals surface area contributed by atoms with Crippen LogP contribution in [0.4, 0.5) is 5.69 Å². The lowest BCUT2D eigenvalue weighted by molar-refractivity contribution is 0.417. The first-order chi connectivity index (χ1) is 12.9. The maximum absolute atomic E-state index is 5.81. The van der Waals surface area contributed by atoms with Crippen LogP contribution in [0.15, 0.2) is 75.5 Å². The summed E-state index contributed by atoms with van der Waals surface area (Å²) in [5.41, 5.74) is 25.6. The molecule has 0 radical (unpaired) electrons. The van der Waals surface area contributed by atoms with E-state index in [2.05, 4.69) is 15.1 Å². The number of hydrogen-bond donors (Lipinski definition) is 4. The summed E-state index contributed by atoms with van der Waals surface area (Å²) in [5.74, 6) is -0.0815. The van der Waals surface area contributed by atoms with Crippen LogP contribution in [0.2, 0.25) is 0 Å². The molecule has 1 unspecified atom stereocenters. The Morgan fingerprint density at radius 3 is 2.22 bits per heavy atom. The van der Waals surface area contributed by atoms with Gasteiger partial charge in [-0.1, -0.05) is 47.1 Å². The van der Waals surface area contributed by atoms with Gasteiger partial charge in [0.25, 0.3) is 0 Å². The summed E-state index contributed by atoms with van der Waals surface area (Å²) in [6.45, 7) is 2.00. The lowest BCUT2D eigenvalue weighted by Gasteiger charge is -2.30. The summed E-state index contributed by atoms with van der Waals surface area (Å²) in [6.07, 6.45) is 3.12. The van der Waals surface area contributed by atoms with Crippen molar-refractivity contribution in [1.82, 2.24) is 5.16 Å². The summed E-state index contributed by atoms with van der Waals surface area (Å²) in [7, 11) is 0. The molecule has 0 fully saturated rings. The van der Waals surface area contributed by atoms with Crippen molar-refractivity contribution in [3.63, 3.8) is 0 Å². The fourth-order valence-electron chi connectivity index (χ4n) is 3.07. The fraction of sp³-hybridized carbons (Fsp3) is 0.105. The highest BCUT2D eigenvalue weighted by atomic mass is 16.5. The molecular formula is C19H21N7O. The molecule has 1 aromatic heterocycles. The first-order valence-corrected chi connectivity index (χ1v) is 8.20. The molecule has 0 aliphatic carbocycles. The Morgan fingerprint density at radius 1 is 0.926 bits per heavy atom. The lowest BCUT2D eigenvalue weighted by Crippen LogP contribution is -2.34. The molecule has 3 aromatic rings. The van der Waals surface area contributed by atoms with Crippen LogP contribution >= 0.6 is 0 Å². The van der Waals surface area contributed by atoms with Crippen LogP contribution in [0.5, 0.6) is 0 Å². The maximum atomic E-state index is 5.81. The number of nitrogens with two attached hydrogens (primary N) is 4. The third-order valence-electron chi connectivity index (χ3n) is 4.13. The predicted molar refractivity (Wildman–Crippen MR) is 105 cm³/mol. The van der Waals surface area contributed by atoms with E-state index < -0.39 is 5.54 Å². The smallest absolute Gasteiger partial charge is 0.191 e. The number of benzene rings is 2. The van der Waals surface area contributed by atoms with Crippen molar-refractivity contribution in [1.29, 1.82) is 0 Å². The first kappa shape index (κ1) is 18.0. The van der Waals surface area contributed by atoms with Gasteiger partial charge in [0.05, 0.1) is 11.9 Å². The average Bonchev–Trinajstić information content (AvgIpc) is 3.14. The topological polar surface area (TPSA) is 155 Å². The van der Waals surface area contributed by atoms with Gasteiger partial charge >= 0.3 is 0 Å². The second-order valence-electron chi connectivity index (χ2n) is 6.11. The highest BCUT2D eigenvalue weighted by molar-refractivity contribution is 5.79. The van der Waals surface area contributed by atoms with E-state index in [9.17, 15) is 0 Å². The van der Waals surface area contributed by atoms with Gasteiger partial charge in [-0.3, -0.25) is 0 Å². The second-order valence-corrected chi connectivity index (χ2v) is 6.11. The molecule has 1 heterocycles. The number of aliphatic imine (C=N–C) groups is 2. The van der Waals surface area contributed by atoms with Crippen LogP contribution in [0.25, 0.3) is 0 Å². The Bertz CT molecular complexity index is 970. The molecular weight excluding hydrogens is 342 g/mol. The number of rotatable bonds is 5. The number of aromatic nitrogens is 1. The summed E-state index contributed by atoms with van der Waals surface area (Å²) in [5, 5.41) is 3.84. The van der Waals surface area contributed by atoms with Crippen molar-refractivity contribution in [2.45, 2.75) is 12.5 Å². The molecule has 2 aromatic carbocycles. The molecule has 0 aliphatic heterocycles. The molecule has 0 aliphatic rings. The van der Waals surface area contributed by atoms with Crippen molar-refractivity contribution < 1.29 is 4.52 Å². The second kappa shape index (κ2) is 7.20. The van der Waals surface area contributed by atoms with E-state index in [-0.39, 0.29) is 11.9 Å². The molecule has 0 spiro atoms.